The predicted octanol–water partition coefficient (Wildman–Crippen LogP) is 6.94. The van der Waals surface area contributed by atoms with Crippen LogP contribution in [0.5, 0.6) is 0 Å². The quantitative estimate of drug-likeness (QED) is 0.103. The third-order valence-electron chi connectivity index (χ3n) is 5.67. The maximum atomic E-state index is 11.7. The molecule has 0 fully saturated rings. The van der Waals surface area contributed by atoms with Crippen LogP contribution in [0.15, 0.2) is 103 Å². The first-order valence-electron chi connectivity index (χ1n) is 12.4. The lowest BCUT2D eigenvalue weighted by molar-refractivity contribution is -0.705. The Balaban J connectivity index is 0.000000810. The van der Waals surface area contributed by atoms with Gasteiger partial charge in [0.25, 0.3) is 0 Å². The molecule has 0 saturated heterocycles. The highest BCUT2D eigenvalue weighted by Gasteiger charge is 2.32. The zero-order valence-corrected chi connectivity index (χ0v) is 22.0. The maximum absolute atomic E-state index is 11.7. The number of benzene rings is 3. The second kappa shape index (κ2) is 14.1. The summed E-state index contributed by atoms with van der Waals surface area (Å²) < 4.78 is 52.0. The van der Waals surface area contributed by atoms with Crippen LogP contribution in [0, 0.1) is 0 Å². The van der Waals surface area contributed by atoms with Crippen LogP contribution in [-0.2, 0) is 19.1 Å². The van der Waals surface area contributed by atoms with Crippen molar-refractivity contribution in [1.82, 2.24) is 0 Å². The van der Waals surface area contributed by atoms with Crippen molar-refractivity contribution in [2.75, 3.05) is 13.2 Å². The fraction of sp³-hybridized carbons (Fsp3) is 0.167. The Morgan fingerprint density at radius 2 is 0.950 bits per heavy atom. The third kappa shape index (κ3) is 9.37. The van der Waals surface area contributed by atoms with Gasteiger partial charge in [0.2, 0.25) is 17.4 Å². The summed E-state index contributed by atoms with van der Waals surface area (Å²) in [5.41, 5.74) is 5.99. The van der Waals surface area contributed by atoms with Gasteiger partial charge in [0, 0.05) is 37.1 Å². The molecule has 0 saturated carbocycles. The van der Waals surface area contributed by atoms with Crippen LogP contribution in [0.1, 0.15) is 19.9 Å². The van der Waals surface area contributed by atoms with Crippen molar-refractivity contribution in [3.05, 3.63) is 103 Å². The largest absolute Gasteiger partial charge is 0.673 e. The summed E-state index contributed by atoms with van der Waals surface area (Å²) in [4.78, 5) is 23.5. The van der Waals surface area contributed by atoms with E-state index in [0.29, 0.717) is 0 Å². The molecule has 3 aromatic carbocycles. The maximum Gasteiger partial charge on any atom is 0.673 e. The monoisotopic (exact) mass is 553 g/mol. The molecule has 208 valence electrons. The summed E-state index contributed by atoms with van der Waals surface area (Å²) >= 11 is 0. The van der Waals surface area contributed by atoms with Crippen molar-refractivity contribution in [3.8, 4) is 33.6 Å². The smallest absolute Gasteiger partial charge is 0.459 e. The number of nitrogens with zero attached hydrogens (tertiary/aromatic N) is 1. The molecule has 0 atom stereocenters. The lowest BCUT2D eigenvalue weighted by atomic mass is 9.98. The molecule has 0 N–H and O–H groups in total. The summed E-state index contributed by atoms with van der Waals surface area (Å²) in [5, 5.41) is 0. The van der Waals surface area contributed by atoms with Crippen LogP contribution in [0.2, 0.25) is 0 Å². The Bertz CT molecular complexity index is 1320. The molecule has 0 aliphatic heterocycles. The van der Waals surface area contributed by atoms with E-state index in [1.54, 1.807) is 0 Å². The van der Waals surface area contributed by atoms with Gasteiger partial charge >= 0.3 is 19.2 Å². The summed E-state index contributed by atoms with van der Waals surface area (Å²) in [6, 6.07) is 34.1. The van der Waals surface area contributed by atoms with Crippen molar-refractivity contribution < 1.29 is 40.9 Å². The summed E-state index contributed by atoms with van der Waals surface area (Å²) in [5.74, 6) is -0.774. The molecular formula is C30H28BF4NO4. The fourth-order valence-corrected chi connectivity index (χ4v) is 4.08. The molecule has 1 heterocycles. The molecule has 1 aromatic heterocycles. The van der Waals surface area contributed by atoms with Gasteiger partial charge in [-0.15, -0.1) is 0 Å². The second-order valence-electron chi connectivity index (χ2n) is 8.74. The van der Waals surface area contributed by atoms with E-state index in [1.165, 1.54) is 13.8 Å². The van der Waals surface area contributed by atoms with Gasteiger partial charge < -0.3 is 26.7 Å². The van der Waals surface area contributed by atoms with Crippen LogP contribution in [0.4, 0.5) is 17.3 Å². The Kier molecular flexibility index (Phi) is 10.6. The van der Waals surface area contributed by atoms with Crippen molar-refractivity contribution in [3.63, 3.8) is 0 Å². The molecule has 4 rings (SSSR count). The molecule has 40 heavy (non-hydrogen) atoms. The first-order chi connectivity index (χ1) is 19.0. The van der Waals surface area contributed by atoms with Gasteiger partial charge in [-0.05, 0) is 35.4 Å². The first kappa shape index (κ1) is 30.1. The topological polar surface area (TPSA) is 56.5 Å². The molecule has 0 amide bonds. The Morgan fingerprint density at radius 1 is 0.625 bits per heavy atom. The molecule has 5 nitrogen and oxygen atoms in total. The van der Waals surface area contributed by atoms with Crippen molar-refractivity contribution >= 4 is 19.2 Å². The zero-order valence-electron chi connectivity index (χ0n) is 22.0. The van der Waals surface area contributed by atoms with Crippen molar-refractivity contribution in [2.45, 2.75) is 19.9 Å². The van der Waals surface area contributed by atoms with Gasteiger partial charge in [-0.25, -0.2) is 0 Å². The van der Waals surface area contributed by atoms with Crippen LogP contribution in [0.3, 0.4) is 0 Å². The highest BCUT2D eigenvalue weighted by atomic mass is 19.5. The van der Waals surface area contributed by atoms with E-state index < -0.39 is 13.3 Å². The average Bonchev–Trinajstić information content (AvgIpc) is 2.93. The lowest BCUT2D eigenvalue weighted by Crippen LogP contribution is -2.48. The number of rotatable bonds is 8. The highest BCUT2D eigenvalue weighted by Crippen LogP contribution is 2.30. The van der Waals surface area contributed by atoms with Gasteiger partial charge in [-0.1, -0.05) is 66.7 Å². The first-order valence-corrected chi connectivity index (χ1v) is 12.4. The number of hydrogen-bond acceptors (Lipinski definition) is 4. The Labute approximate surface area is 230 Å². The lowest BCUT2D eigenvalue weighted by Gasteiger charge is -2.19. The molecule has 4 aromatic rings. The summed E-state index contributed by atoms with van der Waals surface area (Å²) in [7, 11) is -6.00. The summed E-state index contributed by atoms with van der Waals surface area (Å²) in [6.07, 6.45) is 0. The van der Waals surface area contributed by atoms with Crippen LogP contribution in [0.25, 0.3) is 33.6 Å². The molecular weight excluding hydrogens is 525 g/mol. The number of hydrogen-bond donors (Lipinski definition) is 0. The minimum absolute atomic E-state index is 0.0671. The number of aromatic nitrogens is 1. The van der Waals surface area contributed by atoms with Crippen molar-refractivity contribution in [2.24, 2.45) is 0 Å². The van der Waals surface area contributed by atoms with E-state index in [2.05, 4.69) is 28.8 Å². The number of carbonyl (C=O) groups excluding carboxylic acids is 2. The van der Waals surface area contributed by atoms with E-state index in [0.717, 1.165) is 33.6 Å². The minimum Gasteiger partial charge on any atom is -0.459 e. The van der Waals surface area contributed by atoms with Gasteiger partial charge in [0.05, 0.1) is 0 Å². The van der Waals surface area contributed by atoms with E-state index in [4.69, 9.17) is 9.47 Å². The summed E-state index contributed by atoms with van der Waals surface area (Å²) in [6.45, 7) is 2.89. The number of ether oxygens (including phenoxy) is 2. The van der Waals surface area contributed by atoms with Crippen LogP contribution < -0.4 is 4.57 Å². The van der Waals surface area contributed by atoms with Gasteiger partial charge in [0.15, 0.2) is 13.2 Å². The van der Waals surface area contributed by atoms with Crippen molar-refractivity contribution in [1.29, 1.82) is 0 Å². The van der Waals surface area contributed by atoms with E-state index in [1.807, 2.05) is 78.9 Å². The highest BCUT2D eigenvalue weighted by molar-refractivity contribution is 6.50. The molecule has 0 radical (unpaired) electrons. The average molecular weight is 553 g/mol. The Hall–Kier alpha value is -4.47. The number of carbonyl (C=O) groups is 2. The third-order valence-corrected chi connectivity index (χ3v) is 5.67. The molecule has 0 bridgehead atoms. The van der Waals surface area contributed by atoms with Crippen LogP contribution >= 0.6 is 0 Å². The number of pyridine rings is 1. The zero-order chi connectivity index (χ0) is 29.1. The molecule has 0 aliphatic rings. The van der Waals surface area contributed by atoms with E-state index >= 15 is 0 Å². The van der Waals surface area contributed by atoms with Gasteiger partial charge in [0.1, 0.15) is 0 Å². The standard InChI is InChI=1S/C30H28NO4.BF4/c1-22(32)34-20-28(21-35-23(2)33)31-29(25-14-8-4-9-15-25)18-27(24-12-6-3-7-13-24)19-30(31)26-16-10-5-11-17-26;2-1(3,4)5/h3-19,28H,20-21H2,1-2H3;/q+1;-1. The van der Waals surface area contributed by atoms with E-state index in [-0.39, 0.29) is 25.2 Å². The predicted molar refractivity (Wildman–Crippen MR) is 145 cm³/mol. The number of halogens is 4. The Morgan fingerprint density at radius 3 is 1.27 bits per heavy atom. The second-order valence-corrected chi connectivity index (χ2v) is 8.74. The van der Waals surface area contributed by atoms with Gasteiger partial charge in [-0.2, -0.15) is 4.57 Å². The SMILES string of the molecule is CC(=O)OCC(COC(C)=O)[n+]1c(-c2ccccc2)cc(-c2ccccc2)cc1-c1ccccc1.F[B-](F)(F)F. The normalized spacial score (nSPS) is 10.9. The molecule has 0 spiro atoms. The fourth-order valence-electron chi connectivity index (χ4n) is 4.08. The molecule has 0 aliphatic carbocycles. The number of esters is 2. The minimum atomic E-state index is -6.00. The van der Waals surface area contributed by atoms with Crippen LogP contribution in [-0.4, -0.2) is 32.4 Å². The molecule has 0 unspecified atom stereocenters. The van der Waals surface area contributed by atoms with Gasteiger partial charge in [-0.3, -0.25) is 9.59 Å². The molecule has 10 heteroatoms. The van der Waals surface area contributed by atoms with E-state index in [9.17, 15) is 26.9 Å².